The van der Waals surface area contributed by atoms with Crippen LogP contribution >= 0.6 is 0 Å². The van der Waals surface area contributed by atoms with E-state index in [1.165, 1.54) is 6.92 Å². The Balaban J connectivity index is 2.68. The Bertz CT molecular complexity index is 699. The Morgan fingerprint density at radius 1 is 1.43 bits per heavy atom. The van der Waals surface area contributed by atoms with Crippen LogP contribution in [0.15, 0.2) is 22.9 Å². The van der Waals surface area contributed by atoms with Gasteiger partial charge in [0.05, 0.1) is 23.4 Å². The summed E-state index contributed by atoms with van der Waals surface area (Å²) in [6.07, 6.45) is 3.26. The number of amides is 1. The summed E-state index contributed by atoms with van der Waals surface area (Å²) in [6.45, 7) is 4.31. The van der Waals surface area contributed by atoms with Crippen molar-refractivity contribution in [1.82, 2.24) is 4.90 Å². The number of hydrogen-bond acceptors (Lipinski definition) is 5. The Morgan fingerprint density at radius 3 is 2.57 bits per heavy atom. The van der Waals surface area contributed by atoms with Crippen molar-refractivity contribution in [1.29, 1.82) is 15.8 Å². The number of nitrogens with two attached hydrogens (primary N) is 1. The number of nitriles is 3. The van der Waals surface area contributed by atoms with Gasteiger partial charge in [-0.15, -0.1) is 0 Å². The first-order chi connectivity index (χ1) is 11.0. The lowest BCUT2D eigenvalue weighted by molar-refractivity contribution is -0.129. The van der Waals surface area contributed by atoms with Gasteiger partial charge in [-0.3, -0.25) is 4.79 Å². The zero-order valence-corrected chi connectivity index (χ0v) is 13.3. The minimum Gasteiger partial charge on any atom is -0.399 e. The van der Waals surface area contributed by atoms with Crippen molar-refractivity contribution < 1.29 is 4.79 Å². The molecule has 0 radical (unpaired) electrons. The lowest BCUT2D eigenvalue weighted by Crippen LogP contribution is -2.50. The highest BCUT2D eigenvalue weighted by Crippen LogP contribution is 2.50. The van der Waals surface area contributed by atoms with Crippen LogP contribution in [0.3, 0.4) is 0 Å². The molecule has 2 atom stereocenters. The van der Waals surface area contributed by atoms with Gasteiger partial charge in [-0.1, -0.05) is 19.4 Å². The molecule has 0 aromatic rings. The summed E-state index contributed by atoms with van der Waals surface area (Å²) in [7, 11) is 0. The molecule has 1 heterocycles. The zero-order valence-electron chi connectivity index (χ0n) is 13.3. The van der Waals surface area contributed by atoms with Gasteiger partial charge in [-0.05, 0) is 12.0 Å². The summed E-state index contributed by atoms with van der Waals surface area (Å²) in [5.74, 6) is -0.599. The quantitative estimate of drug-likeness (QED) is 0.831. The van der Waals surface area contributed by atoms with E-state index in [1.807, 2.05) is 13.0 Å². The molecule has 2 aliphatic rings. The number of nitrogens with zero attached hydrogens (tertiary/aromatic N) is 4. The Kier molecular flexibility index (Phi) is 4.43. The third kappa shape index (κ3) is 2.35. The maximum absolute atomic E-state index is 11.7. The zero-order chi connectivity index (χ0) is 17.2. The second-order valence-corrected chi connectivity index (χ2v) is 6.02. The van der Waals surface area contributed by atoms with E-state index in [4.69, 9.17) is 5.73 Å². The van der Waals surface area contributed by atoms with Crippen molar-refractivity contribution in [3.8, 4) is 18.2 Å². The standard InChI is InChI=1S/C17H19N5O/c1-3-4-15-14-8-22(11(2)23)6-5-12(14)13(7-18)16(21)17(15,9-19)10-20/h5,14-15H,3-4,6,8,21H2,1-2H3/t14-,15+/m1/s1. The lowest BCUT2D eigenvalue weighted by atomic mass is 9.59. The lowest BCUT2D eigenvalue weighted by Gasteiger charge is -2.45. The highest BCUT2D eigenvalue weighted by molar-refractivity contribution is 5.74. The number of rotatable bonds is 2. The van der Waals surface area contributed by atoms with Crippen molar-refractivity contribution in [2.45, 2.75) is 26.7 Å². The maximum atomic E-state index is 11.7. The van der Waals surface area contributed by atoms with Gasteiger partial charge in [0.2, 0.25) is 5.91 Å². The maximum Gasteiger partial charge on any atom is 0.219 e. The molecule has 118 valence electrons. The fraction of sp³-hybridized carbons (Fsp3) is 0.529. The van der Waals surface area contributed by atoms with Crippen LogP contribution < -0.4 is 5.73 Å². The topological polar surface area (TPSA) is 118 Å². The number of carbonyl (C=O) groups is 1. The Labute approximate surface area is 136 Å². The average molecular weight is 309 g/mol. The van der Waals surface area contributed by atoms with E-state index < -0.39 is 5.41 Å². The minimum atomic E-state index is -1.51. The van der Waals surface area contributed by atoms with Gasteiger partial charge in [-0.2, -0.15) is 15.8 Å². The Hall–Kier alpha value is -2.78. The van der Waals surface area contributed by atoms with Crippen molar-refractivity contribution in [2.75, 3.05) is 13.1 Å². The molecule has 2 rings (SSSR count). The molecule has 0 aromatic heterocycles. The summed E-state index contributed by atoms with van der Waals surface area (Å²) in [5, 5.41) is 28.9. The molecule has 0 fully saturated rings. The summed E-state index contributed by atoms with van der Waals surface area (Å²) < 4.78 is 0. The van der Waals surface area contributed by atoms with E-state index in [1.54, 1.807) is 4.90 Å². The normalized spacial score (nSPS) is 25.5. The Morgan fingerprint density at radius 2 is 2.09 bits per heavy atom. The van der Waals surface area contributed by atoms with Crippen LogP contribution in [0.1, 0.15) is 26.7 Å². The minimum absolute atomic E-state index is 0.0576. The van der Waals surface area contributed by atoms with Crippen molar-refractivity contribution in [3.63, 3.8) is 0 Å². The molecule has 6 heteroatoms. The second kappa shape index (κ2) is 6.15. The first-order valence-electron chi connectivity index (χ1n) is 7.65. The van der Waals surface area contributed by atoms with Crippen molar-refractivity contribution in [3.05, 3.63) is 22.9 Å². The SMILES string of the molecule is CCC[C@H]1[C@@H]2CN(C(C)=O)CC=C2C(C#N)=C(N)C1(C#N)C#N. The second-order valence-electron chi connectivity index (χ2n) is 6.02. The predicted molar refractivity (Wildman–Crippen MR) is 82.7 cm³/mol. The first-order valence-corrected chi connectivity index (χ1v) is 7.65. The fourth-order valence-electron chi connectivity index (χ4n) is 3.68. The molecule has 1 aliphatic carbocycles. The first kappa shape index (κ1) is 16.6. The van der Waals surface area contributed by atoms with Gasteiger partial charge in [0.1, 0.15) is 6.07 Å². The molecule has 0 spiro atoms. The van der Waals surface area contributed by atoms with E-state index >= 15 is 0 Å². The van der Waals surface area contributed by atoms with Crippen LogP contribution in [0.4, 0.5) is 0 Å². The molecule has 23 heavy (non-hydrogen) atoms. The van der Waals surface area contributed by atoms with Gasteiger partial charge in [0.25, 0.3) is 0 Å². The smallest absolute Gasteiger partial charge is 0.219 e. The molecule has 0 aromatic carbocycles. The third-order valence-electron chi connectivity index (χ3n) is 4.88. The molecule has 0 saturated heterocycles. The van der Waals surface area contributed by atoms with Gasteiger partial charge in [0.15, 0.2) is 5.41 Å². The number of carbonyl (C=O) groups excluding carboxylic acids is 1. The molecule has 1 aliphatic heterocycles. The molecule has 2 N–H and O–H groups in total. The molecular formula is C17H19N5O. The van der Waals surface area contributed by atoms with E-state index in [-0.39, 0.29) is 29.0 Å². The van der Waals surface area contributed by atoms with E-state index in [2.05, 4.69) is 18.2 Å². The predicted octanol–water partition coefficient (Wildman–Crippen LogP) is 1.59. The average Bonchev–Trinajstić information content (AvgIpc) is 2.56. The summed E-state index contributed by atoms with van der Waals surface area (Å²) in [6, 6.07) is 6.20. The molecule has 0 bridgehead atoms. The van der Waals surface area contributed by atoms with E-state index in [9.17, 15) is 20.6 Å². The fourth-order valence-corrected chi connectivity index (χ4v) is 3.68. The van der Waals surface area contributed by atoms with Gasteiger partial charge < -0.3 is 10.6 Å². The highest BCUT2D eigenvalue weighted by atomic mass is 16.2. The molecule has 6 nitrogen and oxygen atoms in total. The van der Waals surface area contributed by atoms with Crippen LogP contribution in [0.25, 0.3) is 0 Å². The molecular weight excluding hydrogens is 290 g/mol. The van der Waals surface area contributed by atoms with E-state index in [0.717, 1.165) is 12.0 Å². The number of allylic oxidation sites excluding steroid dienone is 2. The van der Waals surface area contributed by atoms with Crippen LogP contribution in [0, 0.1) is 51.2 Å². The monoisotopic (exact) mass is 309 g/mol. The van der Waals surface area contributed by atoms with Crippen LogP contribution in [-0.4, -0.2) is 23.9 Å². The largest absolute Gasteiger partial charge is 0.399 e. The summed E-state index contributed by atoms with van der Waals surface area (Å²) in [5.41, 5.74) is 5.66. The number of fused-ring (bicyclic) bond motifs is 1. The highest BCUT2D eigenvalue weighted by Gasteiger charge is 2.53. The van der Waals surface area contributed by atoms with Gasteiger partial charge in [-0.25, -0.2) is 0 Å². The molecule has 1 amide bonds. The van der Waals surface area contributed by atoms with Crippen molar-refractivity contribution in [2.24, 2.45) is 23.0 Å². The van der Waals surface area contributed by atoms with Crippen LogP contribution in [0.2, 0.25) is 0 Å². The van der Waals surface area contributed by atoms with E-state index in [0.29, 0.717) is 19.5 Å². The van der Waals surface area contributed by atoms with Crippen LogP contribution in [0.5, 0.6) is 0 Å². The van der Waals surface area contributed by atoms with Gasteiger partial charge >= 0.3 is 0 Å². The van der Waals surface area contributed by atoms with Gasteiger partial charge in [0, 0.05) is 31.8 Å². The van der Waals surface area contributed by atoms with Crippen molar-refractivity contribution >= 4 is 5.91 Å². The molecule has 0 saturated carbocycles. The summed E-state index contributed by atoms with van der Waals surface area (Å²) in [4.78, 5) is 13.4. The third-order valence-corrected chi connectivity index (χ3v) is 4.88. The van der Waals surface area contributed by atoms with Crippen LogP contribution in [-0.2, 0) is 4.79 Å². The summed E-state index contributed by atoms with van der Waals surface area (Å²) >= 11 is 0. The molecule has 0 unspecified atom stereocenters. The number of hydrogen-bond donors (Lipinski definition) is 1.